The van der Waals surface area contributed by atoms with E-state index in [1.165, 1.54) is 29.9 Å². The van der Waals surface area contributed by atoms with Gasteiger partial charge in [-0.15, -0.1) is 0 Å². The molecule has 0 aliphatic heterocycles. The van der Waals surface area contributed by atoms with Crippen LogP contribution in [-0.2, 0) is 9.84 Å². The number of sulfone groups is 1. The van der Waals surface area contributed by atoms with Gasteiger partial charge in [0.2, 0.25) is 0 Å². The number of benzene rings is 2. The molecule has 0 saturated carbocycles. The van der Waals surface area contributed by atoms with Gasteiger partial charge in [0.1, 0.15) is 28.2 Å². The molecule has 1 heterocycles. The number of rotatable bonds is 6. The first-order valence-electron chi connectivity index (χ1n) is 8.34. The van der Waals surface area contributed by atoms with E-state index in [0.717, 1.165) is 0 Å². The first-order valence-corrected chi connectivity index (χ1v) is 11.5. The predicted octanol–water partition coefficient (Wildman–Crippen LogP) is 5.46. The second kappa shape index (κ2) is 8.77. The minimum Gasteiger partial charge on any atom is -0.497 e. The Kier molecular flexibility index (Phi) is 6.69. The fourth-order valence-corrected chi connectivity index (χ4v) is 5.47. The molecule has 3 aromatic rings. The monoisotopic (exact) mass is 506 g/mol. The van der Waals surface area contributed by atoms with E-state index >= 15 is 0 Å². The van der Waals surface area contributed by atoms with Gasteiger partial charge in [-0.05, 0) is 37.3 Å². The Morgan fingerprint density at radius 3 is 2.30 bits per heavy atom. The Hall–Kier alpha value is -1.77. The number of ketones is 1. The van der Waals surface area contributed by atoms with Crippen molar-refractivity contribution in [2.75, 3.05) is 12.9 Å². The summed E-state index contributed by atoms with van der Waals surface area (Å²) in [5, 5.41) is 0.655. The van der Waals surface area contributed by atoms with Gasteiger partial charge in [-0.2, -0.15) is 0 Å². The zero-order chi connectivity index (χ0) is 22.2. The van der Waals surface area contributed by atoms with E-state index in [1.54, 1.807) is 25.1 Å². The fraction of sp³-hybridized carbons (Fsp3) is 0.158. The average Bonchev–Trinajstić information content (AvgIpc) is 2.95. The van der Waals surface area contributed by atoms with E-state index in [4.69, 9.17) is 51.1 Å². The van der Waals surface area contributed by atoms with Crippen LogP contribution in [0.2, 0.25) is 20.2 Å². The van der Waals surface area contributed by atoms with Gasteiger partial charge in [0.25, 0.3) is 0 Å². The van der Waals surface area contributed by atoms with Crippen LogP contribution in [0.1, 0.15) is 16.3 Å². The molecule has 6 nitrogen and oxygen atoms in total. The van der Waals surface area contributed by atoms with Crippen molar-refractivity contribution < 1.29 is 17.9 Å². The number of ether oxygens (including phenoxy) is 1. The second-order valence-electron chi connectivity index (χ2n) is 6.24. The number of aromatic nitrogens is 2. The van der Waals surface area contributed by atoms with E-state index in [0.29, 0.717) is 27.3 Å². The zero-order valence-corrected chi connectivity index (χ0v) is 19.5. The first kappa shape index (κ1) is 22.9. The Morgan fingerprint density at radius 2 is 1.70 bits per heavy atom. The van der Waals surface area contributed by atoms with E-state index in [9.17, 15) is 13.2 Å². The van der Waals surface area contributed by atoms with Crippen LogP contribution in [-0.4, -0.2) is 36.6 Å². The molecule has 0 fully saturated rings. The summed E-state index contributed by atoms with van der Waals surface area (Å²) in [7, 11) is -2.69. The van der Waals surface area contributed by atoms with Crippen molar-refractivity contribution in [2.45, 2.75) is 11.8 Å². The number of Topliss-reactive ketones (excluding diaryl/α,β-unsaturated/α-hetero) is 1. The highest BCUT2D eigenvalue weighted by Crippen LogP contribution is 2.30. The van der Waals surface area contributed by atoms with Crippen molar-refractivity contribution in [3.63, 3.8) is 0 Å². The van der Waals surface area contributed by atoms with Gasteiger partial charge in [0.05, 0.1) is 22.7 Å². The van der Waals surface area contributed by atoms with Crippen LogP contribution in [0.4, 0.5) is 0 Å². The maximum atomic E-state index is 12.8. The van der Waals surface area contributed by atoms with E-state index in [2.05, 4.69) is 4.98 Å². The molecule has 0 spiro atoms. The van der Waals surface area contributed by atoms with Gasteiger partial charge in [0.15, 0.2) is 15.6 Å². The highest BCUT2D eigenvalue weighted by atomic mass is 35.5. The molecule has 30 heavy (non-hydrogen) atoms. The second-order valence-corrected chi connectivity index (χ2v) is 9.84. The first-order chi connectivity index (χ1) is 14.0. The van der Waals surface area contributed by atoms with E-state index in [-0.39, 0.29) is 20.8 Å². The number of hydrogen-bond donors (Lipinski definition) is 0. The Balaban J connectivity index is 1.99. The number of carbonyl (C=O) groups excluding carboxylic acids is 1. The standard InChI is InChI=1S/C19H14Cl4N2O4S/c1-10-24-18(19(23)25(10)13-6-11(20)5-12(21)7-13)16(26)9-30(27,28)17-8-14(29-2)3-4-15(17)22/h3-8H,9H2,1-2H3. The van der Waals surface area contributed by atoms with Gasteiger partial charge in [-0.25, -0.2) is 13.4 Å². The maximum Gasteiger partial charge on any atom is 0.199 e. The van der Waals surface area contributed by atoms with Crippen LogP contribution in [0.5, 0.6) is 5.75 Å². The lowest BCUT2D eigenvalue weighted by Crippen LogP contribution is -2.17. The number of aryl methyl sites for hydroxylation is 1. The minimum absolute atomic E-state index is 0.0232. The molecule has 11 heteroatoms. The maximum absolute atomic E-state index is 12.8. The summed E-state index contributed by atoms with van der Waals surface area (Å²) in [6.45, 7) is 1.62. The lowest BCUT2D eigenvalue weighted by Gasteiger charge is -2.09. The van der Waals surface area contributed by atoms with Crippen LogP contribution in [0.15, 0.2) is 41.3 Å². The number of carbonyl (C=O) groups is 1. The van der Waals surface area contributed by atoms with Gasteiger partial charge >= 0.3 is 0 Å². The summed E-state index contributed by atoms with van der Waals surface area (Å²) in [6, 6.07) is 8.88. The molecule has 0 aliphatic carbocycles. The molecule has 0 bridgehead atoms. The number of halogens is 4. The van der Waals surface area contributed by atoms with Gasteiger partial charge in [-0.1, -0.05) is 46.4 Å². The zero-order valence-electron chi connectivity index (χ0n) is 15.6. The van der Waals surface area contributed by atoms with Crippen molar-refractivity contribution in [3.8, 4) is 11.4 Å². The smallest absolute Gasteiger partial charge is 0.199 e. The Morgan fingerprint density at radius 1 is 1.07 bits per heavy atom. The van der Waals surface area contributed by atoms with Gasteiger partial charge < -0.3 is 4.74 Å². The average molecular weight is 508 g/mol. The third-order valence-corrected chi connectivity index (χ3v) is 7.03. The summed E-state index contributed by atoms with van der Waals surface area (Å²) in [6.07, 6.45) is 0. The molecule has 0 N–H and O–H groups in total. The van der Waals surface area contributed by atoms with Gasteiger partial charge in [-0.3, -0.25) is 9.36 Å². The van der Waals surface area contributed by atoms with Crippen LogP contribution in [0.25, 0.3) is 5.69 Å². The quantitative estimate of drug-likeness (QED) is 0.414. The molecule has 3 rings (SSSR count). The summed E-state index contributed by atoms with van der Waals surface area (Å²) in [4.78, 5) is 16.7. The van der Waals surface area contributed by atoms with Crippen molar-refractivity contribution >= 4 is 62.0 Å². The summed E-state index contributed by atoms with van der Waals surface area (Å²) in [5.74, 6) is -0.999. The van der Waals surface area contributed by atoms with Crippen LogP contribution < -0.4 is 4.74 Å². The van der Waals surface area contributed by atoms with Crippen molar-refractivity contribution in [1.82, 2.24) is 9.55 Å². The SMILES string of the molecule is COc1ccc(Cl)c(S(=O)(=O)CC(=O)c2nc(C)n(-c3cc(Cl)cc(Cl)c3)c2Cl)c1. The number of hydrogen-bond acceptors (Lipinski definition) is 5. The van der Waals surface area contributed by atoms with Crippen molar-refractivity contribution in [3.05, 3.63) is 68.1 Å². The lowest BCUT2D eigenvalue weighted by molar-refractivity contribution is 0.101. The molecule has 0 unspecified atom stereocenters. The largest absolute Gasteiger partial charge is 0.497 e. The highest BCUT2D eigenvalue weighted by molar-refractivity contribution is 7.92. The lowest BCUT2D eigenvalue weighted by atomic mass is 10.3. The molecule has 0 saturated heterocycles. The molecular formula is C19H14Cl4N2O4S. The molecule has 0 atom stereocenters. The third kappa shape index (κ3) is 4.60. The van der Waals surface area contributed by atoms with Gasteiger partial charge in [0, 0.05) is 16.1 Å². The molecule has 0 amide bonds. The van der Waals surface area contributed by atoms with Crippen molar-refractivity contribution in [2.24, 2.45) is 0 Å². The van der Waals surface area contributed by atoms with E-state index in [1.807, 2.05) is 0 Å². The van der Waals surface area contributed by atoms with E-state index < -0.39 is 21.4 Å². The molecular weight excluding hydrogens is 494 g/mol. The highest BCUT2D eigenvalue weighted by Gasteiger charge is 2.28. The Labute approximate surface area is 193 Å². The minimum atomic E-state index is -4.08. The topological polar surface area (TPSA) is 78.3 Å². The van der Waals surface area contributed by atoms with Crippen molar-refractivity contribution in [1.29, 1.82) is 0 Å². The Bertz CT molecular complexity index is 1240. The summed E-state index contributed by atoms with van der Waals surface area (Å²) < 4.78 is 32.1. The third-order valence-electron chi connectivity index (χ3n) is 4.15. The normalized spacial score (nSPS) is 11.5. The molecule has 1 aromatic heterocycles. The van der Waals surface area contributed by atoms with Crippen LogP contribution in [0, 0.1) is 6.92 Å². The molecule has 0 radical (unpaired) electrons. The predicted molar refractivity (Wildman–Crippen MR) is 118 cm³/mol. The number of nitrogens with zero attached hydrogens (tertiary/aromatic N) is 2. The fourth-order valence-electron chi connectivity index (χ4n) is 2.82. The summed E-state index contributed by atoms with van der Waals surface area (Å²) in [5.41, 5.74) is 0.299. The number of imidazole rings is 1. The molecule has 2 aromatic carbocycles. The van der Waals surface area contributed by atoms with Crippen LogP contribution >= 0.6 is 46.4 Å². The molecule has 0 aliphatic rings. The van der Waals surface area contributed by atoms with Crippen LogP contribution in [0.3, 0.4) is 0 Å². The number of methoxy groups -OCH3 is 1. The molecule has 158 valence electrons. The summed E-state index contributed by atoms with van der Waals surface area (Å²) >= 11 is 24.5.